The summed E-state index contributed by atoms with van der Waals surface area (Å²) in [5.41, 5.74) is 0.243. The first-order valence-electron chi connectivity index (χ1n) is 8.81. The van der Waals surface area contributed by atoms with E-state index in [9.17, 15) is 0 Å². The zero-order chi connectivity index (χ0) is 13.7. The Morgan fingerprint density at radius 3 is 2.70 bits per heavy atom. The molecule has 1 atom stereocenters. The Hall–Kier alpha value is 0.270. The maximum absolute atomic E-state index is 6.17. The molecule has 1 spiro atoms. The van der Waals surface area contributed by atoms with Gasteiger partial charge in [-0.25, -0.2) is 0 Å². The van der Waals surface area contributed by atoms with Crippen LogP contribution >= 0.6 is 11.8 Å². The third-order valence-corrected chi connectivity index (χ3v) is 6.58. The van der Waals surface area contributed by atoms with Crippen molar-refractivity contribution < 1.29 is 4.74 Å². The maximum Gasteiger partial charge on any atom is 0.0713 e. The molecule has 1 aliphatic carbocycles. The van der Waals surface area contributed by atoms with Gasteiger partial charge in [0.1, 0.15) is 0 Å². The molecule has 1 unspecified atom stereocenters. The van der Waals surface area contributed by atoms with Gasteiger partial charge in [0, 0.05) is 12.6 Å². The molecular formula is C17H31NOS. The first kappa shape index (κ1) is 15.2. The fraction of sp³-hybridized carbons (Fsp3) is 1.00. The number of ether oxygens (including phenoxy) is 1. The zero-order valence-electron chi connectivity index (χ0n) is 12.9. The van der Waals surface area contributed by atoms with Gasteiger partial charge in [-0.2, -0.15) is 11.8 Å². The van der Waals surface area contributed by atoms with Gasteiger partial charge in [-0.15, -0.1) is 0 Å². The Labute approximate surface area is 128 Å². The van der Waals surface area contributed by atoms with E-state index >= 15 is 0 Å². The summed E-state index contributed by atoms with van der Waals surface area (Å²) in [7, 11) is 0. The smallest absolute Gasteiger partial charge is 0.0713 e. The van der Waals surface area contributed by atoms with E-state index in [1.54, 1.807) is 0 Å². The van der Waals surface area contributed by atoms with Crippen LogP contribution in [0.4, 0.5) is 0 Å². The molecule has 3 rings (SSSR count). The van der Waals surface area contributed by atoms with Crippen LogP contribution in [0.3, 0.4) is 0 Å². The molecule has 0 aromatic rings. The van der Waals surface area contributed by atoms with Crippen LogP contribution in [0.25, 0.3) is 0 Å². The van der Waals surface area contributed by atoms with Crippen molar-refractivity contribution in [3.05, 3.63) is 0 Å². The van der Waals surface area contributed by atoms with Gasteiger partial charge in [0.2, 0.25) is 0 Å². The Balaban J connectivity index is 1.34. The molecule has 1 N–H and O–H groups in total. The van der Waals surface area contributed by atoms with Gasteiger partial charge in [-0.3, -0.25) is 0 Å². The summed E-state index contributed by atoms with van der Waals surface area (Å²) >= 11 is 2.10. The summed E-state index contributed by atoms with van der Waals surface area (Å²) < 4.78 is 6.17. The molecule has 2 nitrogen and oxygen atoms in total. The summed E-state index contributed by atoms with van der Waals surface area (Å²) in [5, 5.41) is 3.83. The van der Waals surface area contributed by atoms with Crippen molar-refractivity contribution in [2.45, 2.75) is 75.9 Å². The molecule has 0 amide bonds. The molecule has 0 radical (unpaired) electrons. The van der Waals surface area contributed by atoms with Gasteiger partial charge in [-0.1, -0.05) is 25.7 Å². The second kappa shape index (κ2) is 7.51. The van der Waals surface area contributed by atoms with E-state index in [2.05, 4.69) is 17.1 Å². The first-order chi connectivity index (χ1) is 9.86. The summed E-state index contributed by atoms with van der Waals surface area (Å²) in [6.45, 7) is 2.21. The molecule has 0 bridgehead atoms. The number of hydrogen-bond acceptors (Lipinski definition) is 3. The van der Waals surface area contributed by atoms with E-state index in [-0.39, 0.29) is 5.60 Å². The third-order valence-electron chi connectivity index (χ3n) is 5.59. The van der Waals surface area contributed by atoms with Crippen molar-refractivity contribution >= 4 is 11.8 Å². The molecule has 3 aliphatic rings. The molecule has 116 valence electrons. The lowest BCUT2D eigenvalue weighted by molar-refractivity contribution is -0.0931. The Morgan fingerprint density at radius 2 is 1.90 bits per heavy atom. The Bertz CT molecular complexity index is 279. The summed E-state index contributed by atoms with van der Waals surface area (Å²) in [5.74, 6) is 3.65. The fourth-order valence-electron chi connectivity index (χ4n) is 4.29. The van der Waals surface area contributed by atoms with Crippen molar-refractivity contribution in [3.8, 4) is 0 Å². The van der Waals surface area contributed by atoms with E-state index in [1.807, 2.05) is 0 Å². The highest BCUT2D eigenvalue weighted by Gasteiger charge is 2.38. The predicted molar refractivity (Wildman–Crippen MR) is 87.5 cm³/mol. The van der Waals surface area contributed by atoms with Crippen molar-refractivity contribution in [1.29, 1.82) is 0 Å². The molecule has 2 heterocycles. The van der Waals surface area contributed by atoms with Crippen molar-refractivity contribution in [2.24, 2.45) is 5.92 Å². The highest BCUT2D eigenvalue weighted by Crippen LogP contribution is 2.37. The van der Waals surface area contributed by atoms with Crippen molar-refractivity contribution in [1.82, 2.24) is 5.32 Å². The van der Waals surface area contributed by atoms with Crippen LogP contribution in [0.15, 0.2) is 0 Å². The summed E-state index contributed by atoms with van der Waals surface area (Å²) in [4.78, 5) is 0. The third kappa shape index (κ3) is 4.14. The van der Waals surface area contributed by atoms with Crippen LogP contribution in [0, 0.1) is 5.92 Å². The van der Waals surface area contributed by atoms with Crippen molar-refractivity contribution in [2.75, 3.05) is 24.7 Å². The van der Waals surface area contributed by atoms with E-state index in [4.69, 9.17) is 4.74 Å². The molecule has 0 aromatic heterocycles. The molecular weight excluding hydrogens is 266 g/mol. The second-order valence-electron chi connectivity index (χ2n) is 7.08. The van der Waals surface area contributed by atoms with Crippen LogP contribution < -0.4 is 5.32 Å². The van der Waals surface area contributed by atoms with Crippen LogP contribution in [0.5, 0.6) is 0 Å². The highest BCUT2D eigenvalue weighted by atomic mass is 32.2. The number of rotatable bonds is 5. The molecule has 1 saturated carbocycles. The molecule has 20 heavy (non-hydrogen) atoms. The standard InChI is InChI=1S/C17H31NOS/c1-2-5-15(4-1)6-3-10-18-16-7-11-19-17(14-16)8-12-20-13-9-17/h15-16,18H,1-14H2. The van der Waals surface area contributed by atoms with E-state index in [0.29, 0.717) is 0 Å². The topological polar surface area (TPSA) is 21.3 Å². The van der Waals surface area contributed by atoms with E-state index in [1.165, 1.54) is 82.3 Å². The fourth-order valence-corrected chi connectivity index (χ4v) is 5.53. The van der Waals surface area contributed by atoms with Crippen LogP contribution in [-0.2, 0) is 4.74 Å². The first-order valence-corrected chi connectivity index (χ1v) is 9.97. The number of hydrogen-bond donors (Lipinski definition) is 1. The Morgan fingerprint density at radius 1 is 1.10 bits per heavy atom. The minimum Gasteiger partial charge on any atom is -0.375 e. The number of nitrogens with one attached hydrogen (secondary N) is 1. The molecule has 0 aromatic carbocycles. The van der Waals surface area contributed by atoms with Gasteiger partial charge >= 0.3 is 0 Å². The highest BCUT2D eigenvalue weighted by molar-refractivity contribution is 7.99. The second-order valence-corrected chi connectivity index (χ2v) is 8.31. The summed E-state index contributed by atoms with van der Waals surface area (Å²) in [6.07, 6.45) is 13.8. The minimum atomic E-state index is 0.243. The largest absolute Gasteiger partial charge is 0.375 e. The van der Waals surface area contributed by atoms with Crippen molar-refractivity contribution in [3.63, 3.8) is 0 Å². The lowest BCUT2D eigenvalue weighted by Gasteiger charge is -2.43. The average Bonchev–Trinajstić information content (AvgIpc) is 2.98. The lowest BCUT2D eigenvalue weighted by Crippen LogP contribution is -2.49. The minimum absolute atomic E-state index is 0.243. The molecule has 3 heteroatoms. The molecule has 3 fully saturated rings. The molecule has 2 saturated heterocycles. The van der Waals surface area contributed by atoms with Crippen LogP contribution in [0.2, 0.25) is 0 Å². The van der Waals surface area contributed by atoms with E-state index < -0.39 is 0 Å². The van der Waals surface area contributed by atoms with Gasteiger partial charge in [0.05, 0.1) is 5.60 Å². The van der Waals surface area contributed by atoms with Gasteiger partial charge in [0.15, 0.2) is 0 Å². The quantitative estimate of drug-likeness (QED) is 0.775. The van der Waals surface area contributed by atoms with E-state index in [0.717, 1.165) is 18.6 Å². The summed E-state index contributed by atoms with van der Waals surface area (Å²) in [6, 6.07) is 0.718. The normalized spacial score (nSPS) is 30.9. The lowest BCUT2D eigenvalue weighted by atomic mass is 9.85. The predicted octanol–water partition coefficient (Wildman–Crippen LogP) is 3.99. The number of thioether (sulfide) groups is 1. The zero-order valence-corrected chi connectivity index (χ0v) is 13.7. The van der Waals surface area contributed by atoms with Crippen LogP contribution in [0.1, 0.15) is 64.2 Å². The van der Waals surface area contributed by atoms with Crippen LogP contribution in [-0.4, -0.2) is 36.3 Å². The SMILES string of the molecule is C1CCC(CCCNC2CCOC3(CCSCC3)C2)C1. The monoisotopic (exact) mass is 297 g/mol. The van der Waals surface area contributed by atoms with Gasteiger partial charge in [-0.05, 0) is 62.5 Å². The van der Waals surface area contributed by atoms with Gasteiger partial charge in [0.25, 0.3) is 0 Å². The molecule has 2 aliphatic heterocycles. The maximum atomic E-state index is 6.17. The Kier molecular flexibility index (Phi) is 5.70. The van der Waals surface area contributed by atoms with Gasteiger partial charge < -0.3 is 10.1 Å². The average molecular weight is 298 g/mol.